The average molecular weight is 371 g/mol. The van der Waals surface area contributed by atoms with E-state index in [1.807, 2.05) is 39.0 Å². The SMILES string of the molecule is COc1ccc(Nc2cc(Cl)nc(C(C)(C)C)n2)cc1Br. The van der Waals surface area contributed by atoms with Crippen molar-refractivity contribution in [2.24, 2.45) is 0 Å². The molecule has 112 valence electrons. The van der Waals surface area contributed by atoms with Gasteiger partial charge in [-0.15, -0.1) is 0 Å². The maximum atomic E-state index is 6.08. The molecule has 0 aliphatic carbocycles. The summed E-state index contributed by atoms with van der Waals surface area (Å²) in [7, 11) is 1.63. The number of anilines is 2. The van der Waals surface area contributed by atoms with Crippen LogP contribution in [0.5, 0.6) is 5.75 Å². The summed E-state index contributed by atoms with van der Waals surface area (Å²) in [5.74, 6) is 2.14. The summed E-state index contributed by atoms with van der Waals surface area (Å²) >= 11 is 9.54. The van der Waals surface area contributed by atoms with Gasteiger partial charge in [-0.25, -0.2) is 9.97 Å². The van der Waals surface area contributed by atoms with E-state index in [1.165, 1.54) is 0 Å². The highest BCUT2D eigenvalue weighted by atomic mass is 79.9. The molecule has 4 nitrogen and oxygen atoms in total. The third-order valence-corrected chi connectivity index (χ3v) is 3.60. The quantitative estimate of drug-likeness (QED) is 0.777. The van der Waals surface area contributed by atoms with Crippen LogP contribution in [0, 0.1) is 0 Å². The summed E-state index contributed by atoms with van der Waals surface area (Å²) in [6.45, 7) is 6.14. The highest BCUT2D eigenvalue weighted by molar-refractivity contribution is 9.10. The van der Waals surface area contributed by atoms with Crippen molar-refractivity contribution in [2.45, 2.75) is 26.2 Å². The highest BCUT2D eigenvalue weighted by Crippen LogP contribution is 2.30. The molecule has 0 fully saturated rings. The molecule has 1 N–H and O–H groups in total. The molecule has 1 aromatic carbocycles. The lowest BCUT2D eigenvalue weighted by Gasteiger charge is -2.18. The van der Waals surface area contributed by atoms with Gasteiger partial charge < -0.3 is 10.1 Å². The molecule has 1 aromatic heterocycles. The van der Waals surface area contributed by atoms with E-state index in [0.29, 0.717) is 16.8 Å². The van der Waals surface area contributed by atoms with E-state index >= 15 is 0 Å². The van der Waals surface area contributed by atoms with Gasteiger partial charge in [-0.1, -0.05) is 32.4 Å². The molecule has 0 bridgehead atoms. The summed E-state index contributed by atoms with van der Waals surface area (Å²) in [5.41, 5.74) is 0.722. The molecule has 0 atom stereocenters. The molecule has 1 heterocycles. The largest absolute Gasteiger partial charge is 0.496 e. The van der Waals surface area contributed by atoms with E-state index in [-0.39, 0.29) is 5.41 Å². The standard InChI is InChI=1S/C15H17BrClN3O/c1-15(2,3)14-19-12(17)8-13(20-14)18-9-5-6-11(21-4)10(16)7-9/h5-8H,1-4H3,(H,18,19,20). The maximum absolute atomic E-state index is 6.08. The average Bonchev–Trinajstić information content (AvgIpc) is 2.37. The van der Waals surface area contributed by atoms with Crippen molar-refractivity contribution in [3.8, 4) is 5.75 Å². The van der Waals surface area contributed by atoms with Crippen molar-refractivity contribution in [3.05, 3.63) is 39.7 Å². The molecule has 2 rings (SSSR count). The van der Waals surface area contributed by atoms with E-state index in [9.17, 15) is 0 Å². The number of methoxy groups -OCH3 is 1. The topological polar surface area (TPSA) is 47.0 Å². The molecule has 0 spiro atoms. The fourth-order valence-electron chi connectivity index (χ4n) is 1.71. The third kappa shape index (κ3) is 4.08. The van der Waals surface area contributed by atoms with Gasteiger partial charge in [0.1, 0.15) is 22.5 Å². The zero-order valence-electron chi connectivity index (χ0n) is 12.4. The van der Waals surface area contributed by atoms with Crippen molar-refractivity contribution in [2.75, 3.05) is 12.4 Å². The van der Waals surface area contributed by atoms with Crippen LogP contribution in [-0.2, 0) is 5.41 Å². The number of rotatable bonds is 3. The molecule has 0 aliphatic heterocycles. The molecule has 0 saturated carbocycles. The van der Waals surface area contributed by atoms with Gasteiger partial charge in [0.05, 0.1) is 11.6 Å². The van der Waals surface area contributed by atoms with Crippen LogP contribution in [0.3, 0.4) is 0 Å². The van der Waals surface area contributed by atoms with Gasteiger partial charge in [-0.2, -0.15) is 0 Å². The monoisotopic (exact) mass is 369 g/mol. The van der Waals surface area contributed by atoms with Crippen LogP contribution in [0.2, 0.25) is 5.15 Å². The molecular weight excluding hydrogens is 354 g/mol. The molecule has 0 aliphatic rings. The Balaban J connectivity index is 2.31. The zero-order valence-corrected chi connectivity index (χ0v) is 14.7. The van der Waals surface area contributed by atoms with Gasteiger partial charge in [-0.3, -0.25) is 0 Å². The van der Waals surface area contributed by atoms with Crippen LogP contribution < -0.4 is 10.1 Å². The fourth-order valence-corrected chi connectivity index (χ4v) is 2.43. The Kier molecular flexibility index (Phi) is 4.74. The summed E-state index contributed by atoms with van der Waals surface area (Å²) in [6.07, 6.45) is 0. The van der Waals surface area contributed by atoms with Crippen LogP contribution >= 0.6 is 27.5 Å². The van der Waals surface area contributed by atoms with Crippen LogP contribution in [-0.4, -0.2) is 17.1 Å². The van der Waals surface area contributed by atoms with Crippen LogP contribution in [0.1, 0.15) is 26.6 Å². The lowest BCUT2D eigenvalue weighted by molar-refractivity contribution is 0.412. The predicted octanol–water partition coefficient (Wildman–Crippen LogP) is 4.94. The maximum Gasteiger partial charge on any atom is 0.137 e. The number of nitrogens with one attached hydrogen (secondary N) is 1. The molecular formula is C15H17BrClN3O. The summed E-state index contributed by atoms with van der Waals surface area (Å²) in [4.78, 5) is 8.80. The lowest BCUT2D eigenvalue weighted by Crippen LogP contribution is -2.16. The second-order valence-electron chi connectivity index (χ2n) is 5.62. The zero-order chi connectivity index (χ0) is 15.6. The first-order valence-electron chi connectivity index (χ1n) is 6.45. The van der Waals surface area contributed by atoms with Gasteiger partial charge in [0.2, 0.25) is 0 Å². The Morgan fingerprint density at radius 3 is 2.48 bits per heavy atom. The number of aromatic nitrogens is 2. The minimum Gasteiger partial charge on any atom is -0.496 e. The highest BCUT2D eigenvalue weighted by Gasteiger charge is 2.19. The van der Waals surface area contributed by atoms with Crippen molar-refractivity contribution in [3.63, 3.8) is 0 Å². The number of hydrogen-bond donors (Lipinski definition) is 1. The fraction of sp³-hybridized carbons (Fsp3) is 0.333. The second kappa shape index (κ2) is 6.20. The molecule has 2 aromatic rings. The van der Waals surface area contributed by atoms with Gasteiger partial charge >= 0.3 is 0 Å². The van der Waals surface area contributed by atoms with E-state index < -0.39 is 0 Å². The Labute approximate surface area is 138 Å². The van der Waals surface area contributed by atoms with Gasteiger partial charge in [0.25, 0.3) is 0 Å². The van der Waals surface area contributed by atoms with Gasteiger partial charge in [0, 0.05) is 17.2 Å². The number of ether oxygens (including phenoxy) is 1. The van der Waals surface area contributed by atoms with E-state index in [0.717, 1.165) is 15.9 Å². The Bertz CT molecular complexity index is 656. The molecule has 6 heteroatoms. The summed E-state index contributed by atoms with van der Waals surface area (Å²) in [6, 6.07) is 7.41. The van der Waals surface area contributed by atoms with Crippen molar-refractivity contribution in [1.82, 2.24) is 9.97 Å². The Morgan fingerprint density at radius 2 is 1.90 bits per heavy atom. The molecule has 21 heavy (non-hydrogen) atoms. The first-order chi connectivity index (χ1) is 9.79. The van der Waals surface area contributed by atoms with Gasteiger partial charge in [-0.05, 0) is 34.1 Å². The minimum atomic E-state index is -0.165. The first kappa shape index (κ1) is 16.0. The van der Waals surface area contributed by atoms with Crippen molar-refractivity contribution >= 4 is 39.0 Å². The van der Waals surface area contributed by atoms with E-state index in [2.05, 4.69) is 31.2 Å². The summed E-state index contributed by atoms with van der Waals surface area (Å²) < 4.78 is 6.08. The Morgan fingerprint density at radius 1 is 1.19 bits per heavy atom. The number of nitrogens with zero attached hydrogens (tertiary/aromatic N) is 2. The number of hydrogen-bond acceptors (Lipinski definition) is 4. The van der Waals surface area contributed by atoms with Crippen molar-refractivity contribution < 1.29 is 4.74 Å². The lowest BCUT2D eigenvalue weighted by atomic mass is 9.96. The predicted molar refractivity (Wildman–Crippen MR) is 89.7 cm³/mol. The molecule has 0 unspecified atom stereocenters. The number of halogens is 2. The third-order valence-electron chi connectivity index (χ3n) is 2.79. The summed E-state index contributed by atoms with van der Waals surface area (Å²) in [5, 5.41) is 3.65. The first-order valence-corrected chi connectivity index (χ1v) is 7.62. The molecule has 0 amide bonds. The van der Waals surface area contributed by atoms with Crippen LogP contribution in [0.4, 0.5) is 11.5 Å². The van der Waals surface area contributed by atoms with Gasteiger partial charge in [0.15, 0.2) is 0 Å². The number of benzene rings is 1. The molecule has 0 saturated heterocycles. The second-order valence-corrected chi connectivity index (χ2v) is 6.87. The van der Waals surface area contributed by atoms with Crippen LogP contribution in [0.15, 0.2) is 28.7 Å². The Hall–Kier alpha value is -1.33. The minimum absolute atomic E-state index is 0.165. The smallest absolute Gasteiger partial charge is 0.137 e. The van der Waals surface area contributed by atoms with E-state index in [1.54, 1.807) is 13.2 Å². The van der Waals surface area contributed by atoms with Crippen LogP contribution in [0.25, 0.3) is 0 Å². The van der Waals surface area contributed by atoms with E-state index in [4.69, 9.17) is 16.3 Å². The van der Waals surface area contributed by atoms with Crippen molar-refractivity contribution in [1.29, 1.82) is 0 Å². The normalized spacial score (nSPS) is 11.3. The molecule has 0 radical (unpaired) electrons.